The Hall–Kier alpha value is -5.69. The van der Waals surface area contributed by atoms with Gasteiger partial charge in [-0.1, -0.05) is 18.2 Å². The van der Waals surface area contributed by atoms with E-state index in [1.54, 1.807) is 0 Å². The first-order valence-corrected chi connectivity index (χ1v) is 25.7. The third-order valence-corrected chi connectivity index (χ3v) is 14.2. The summed E-state index contributed by atoms with van der Waals surface area (Å²) >= 11 is 0. The Morgan fingerprint density at radius 2 is 1.20 bits per heavy atom. The fourth-order valence-corrected chi connectivity index (χ4v) is 9.59. The average molecular weight is 1170 g/mol. The van der Waals surface area contributed by atoms with Crippen molar-refractivity contribution in [1.82, 2.24) is 0 Å². The average Bonchev–Trinajstić information content (AvgIpc) is 3.23. The maximum atomic E-state index is 13.9. The topological polar surface area (TPSA) is 465 Å². The third kappa shape index (κ3) is 14.6. The Morgan fingerprint density at radius 1 is 0.610 bits per heavy atom. The smallest absolute Gasteiger partial charge is 0.337 e. The van der Waals surface area contributed by atoms with Crippen molar-refractivity contribution >= 4 is 24.0 Å². The SMILES string of the molecule is C/C=C1/[C@H](O[C@@H]2O[C@H](CO)[C@@H](O)[C@H](O)[C@H]2O)OC=C(C(=O)OC)[C@H]1CC(=O)O[C@@H]1[C@@H](O)[C@@H](O)[C@H](O[C@@H]2[C@@H](O)[C@H](OCCc3ccc(O)c(O)c3)O[C@H](CO[C@@H]3O[C@H](CO)[C@@H](O)[C@H](O)[C@H]3O)[C@H]2OC(=O)/C=C/c2ccc(O)c(O)c2)O[C@H]1C. The monoisotopic (exact) mass is 1170 g/mol. The molecule has 7 rings (SSSR count). The molecule has 30 heteroatoms. The lowest BCUT2D eigenvalue weighted by Gasteiger charge is -2.47. The number of aromatic hydroxyl groups is 4. The molecule has 0 unspecified atom stereocenters. The van der Waals surface area contributed by atoms with Gasteiger partial charge in [0.2, 0.25) is 6.29 Å². The van der Waals surface area contributed by atoms with Crippen LogP contribution in [0, 0.1) is 5.92 Å². The van der Waals surface area contributed by atoms with Gasteiger partial charge in [0, 0.05) is 17.6 Å². The zero-order valence-electron chi connectivity index (χ0n) is 44.0. The van der Waals surface area contributed by atoms with Gasteiger partial charge in [-0.15, -0.1) is 0 Å². The van der Waals surface area contributed by atoms with Crippen molar-refractivity contribution in [1.29, 1.82) is 0 Å². The minimum absolute atomic E-state index is 0.0175. The molecule has 0 saturated carbocycles. The summed E-state index contributed by atoms with van der Waals surface area (Å²) in [5.41, 5.74) is 0.449. The van der Waals surface area contributed by atoms with Gasteiger partial charge in [0.05, 0.1) is 57.9 Å². The van der Waals surface area contributed by atoms with E-state index in [0.29, 0.717) is 5.56 Å². The summed E-state index contributed by atoms with van der Waals surface area (Å²) in [5.74, 6) is -6.39. The molecule has 0 aromatic heterocycles. The summed E-state index contributed by atoms with van der Waals surface area (Å²) in [6.07, 6.45) is -33.9. The molecule has 2 aromatic rings. The summed E-state index contributed by atoms with van der Waals surface area (Å²) in [6, 6.07) is 7.50. The van der Waals surface area contributed by atoms with Crippen LogP contribution in [0.3, 0.4) is 0 Å². The molecular weight excluding hydrogens is 1100 g/mol. The quantitative estimate of drug-likeness (QED) is 0.0195. The number of ether oxygens (including phenoxy) is 12. The minimum Gasteiger partial charge on any atom is -0.504 e. The molecular formula is C52H68O30. The van der Waals surface area contributed by atoms with Crippen LogP contribution in [0.25, 0.3) is 6.08 Å². The van der Waals surface area contributed by atoms with E-state index >= 15 is 0 Å². The van der Waals surface area contributed by atoms with E-state index in [1.807, 2.05) is 0 Å². The normalized spacial score (nSPS) is 37.4. The number of aliphatic hydroxyl groups excluding tert-OH is 11. The van der Waals surface area contributed by atoms with Crippen LogP contribution in [-0.4, -0.2) is 257 Å². The number of phenolic OH excluding ortho intramolecular Hbond substituents is 4. The van der Waals surface area contributed by atoms with Crippen LogP contribution in [0.15, 0.2) is 66.0 Å². The van der Waals surface area contributed by atoms with Crippen molar-refractivity contribution in [2.75, 3.05) is 33.5 Å². The Labute approximate surface area is 466 Å². The predicted molar refractivity (Wildman–Crippen MR) is 265 cm³/mol. The lowest BCUT2D eigenvalue weighted by atomic mass is 9.86. The molecule has 4 saturated heterocycles. The number of phenols is 4. The van der Waals surface area contributed by atoms with Crippen molar-refractivity contribution in [3.63, 3.8) is 0 Å². The Bertz CT molecular complexity index is 2570. The van der Waals surface area contributed by atoms with Gasteiger partial charge in [-0.05, 0) is 61.7 Å². The van der Waals surface area contributed by atoms with Gasteiger partial charge in [0.1, 0.15) is 79.4 Å². The molecule has 5 aliphatic heterocycles. The molecule has 4 fully saturated rings. The van der Waals surface area contributed by atoms with E-state index in [2.05, 4.69) is 0 Å². The van der Waals surface area contributed by atoms with E-state index < -0.39 is 202 Å². The summed E-state index contributed by atoms with van der Waals surface area (Å²) in [6.45, 7) is 0.0713. The highest BCUT2D eigenvalue weighted by Gasteiger charge is 2.55. The summed E-state index contributed by atoms with van der Waals surface area (Å²) in [5, 5.41) is 158. The Kier molecular flexibility index (Phi) is 22.0. The molecule has 5 aliphatic rings. The summed E-state index contributed by atoms with van der Waals surface area (Å²) in [7, 11) is 1.05. The van der Waals surface area contributed by atoms with Gasteiger partial charge < -0.3 is 133 Å². The number of carbonyl (C=O) groups is 3. The van der Waals surface area contributed by atoms with Crippen LogP contribution in [0.4, 0.5) is 0 Å². The Morgan fingerprint density at radius 3 is 1.82 bits per heavy atom. The second-order valence-corrected chi connectivity index (χ2v) is 19.6. The number of esters is 3. The minimum atomic E-state index is -2.18. The standard InChI is InChI=1S/C52H68O30/c1-4-23-24(25(47(70)71-3)18-73-48(23)82-52-41(67)38(64)36(62)31(17-54)77-52)15-34(60)80-44-20(2)75-51(42(68)39(44)65)81-46-43(69)50(72-12-11-22-6-9-27(56)29(58)14-22)78-32(19-74-49-40(66)37(63)35(61)30(16-53)76-49)45(46)79-33(59)10-7-21-5-8-26(55)28(57)13-21/h4-10,13-14,18,20,24,30-32,35-46,48-58,61-69H,11-12,15-17,19H2,1-3H3/b10-7+,23-4+/t20-,24-,30+,31+,32+,35+,36+,37-,38-,39-,40+,41+,42+,43+,44-,45+,46+,48-,49+,50+,51-,52-/m0/s1. The molecule has 5 heterocycles. The van der Waals surface area contributed by atoms with E-state index in [4.69, 9.17) is 56.8 Å². The fraction of sp³-hybridized carbons (Fsp3) is 0.596. The maximum absolute atomic E-state index is 13.9. The first-order valence-electron chi connectivity index (χ1n) is 25.7. The molecule has 0 aliphatic carbocycles. The highest BCUT2D eigenvalue weighted by Crippen LogP contribution is 2.39. The van der Waals surface area contributed by atoms with Gasteiger partial charge in [-0.25, -0.2) is 9.59 Å². The molecule has 15 N–H and O–H groups in total. The van der Waals surface area contributed by atoms with Gasteiger partial charge in [-0.2, -0.15) is 0 Å². The summed E-state index contributed by atoms with van der Waals surface area (Å²) in [4.78, 5) is 40.7. The van der Waals surface area contributed by atoms with Crippen LogP contribution in [-0.2, 0) is 77.6 Å². The largest absolute Gasteiger partial charge is 0.504 e. The number of hydrogen-bond acceptors (Lipinski definition) is 30. The van der Waals surface area contributed by atoms with E-state index in [-0.39, 0.29) is 29.7 Å². The number of carbonyl (C=O) groups excluding carboxylic acids is 3. The third-order valence-electron chi connectivity index (χ3n) is 14.2. The number of hydrogen-bond donors (Lipinski definition) is 15. The van der Waals surface area contributed by atoms with Crippen LogP contribution < -0.4 is 0 Å². The maximum Gasteiger partial charge on any atom is 0.337 e. The van der Waals surface area contributed by atoms with E-state index in [1.165, 1.54) is 50.3 Å². The number of allylic oxidation sites excluding steroid dienone is 1. The van der Waals surface area contributed by atoms with Crippen molar-refractivity contribution in [3.05, 3.63) is 77.1 Å². The lowest BCUT2D eigenvalue weighted by Crippen LogP contribution is -2.65. The van der Waals surface area contributed by atoms with E-state index in [9.17, 15) is 91.0 Å². The molecule has 0 radical (unpaired) electrons. The first-order chi connectivity index (χ1) is 39.0. The molecule has 456 valence electrons. The molecule has 0 spiro atoms. The first kappa shape index (κ1) is 63.9. The number of rotatable bonds is 20. The lowest BCUT2D eigenvalue weighted by molar-refractivity contribution is -0.364. The number of methoxy groups -OCH3 is 1. The van der Waals surface area contributed by atoms with Crippen LogP contribution in [0.2, 0.25) is 0 Å². The summed E-state index contributed by atoms with van der Waals surface area (Å²) < 4.78 is 68.7. The van der Waals surface area contributed by atoms with Gasteiger partial charge >= 0.3 is 17.9 Å². The van der Waals surface area contributed by atoms with Crippen LogP contribution in [0.5, 0.6) is 23.0 Å². The highest BCUT2D eigenvalue weighted by molar-refractivity contribution is 5.91. The fourth-order valence-electron chi connectivity index (χ4n) is 9.59. The predicted octanol–water partition coefficient (Wildman–Crippen LogP) is -4.46. The Balaban J connectivity index is 1.12. The second kappa shape index (κ2) is 28.3. The number of aliphatic hydroxyl groups is 11. The van der Waals surface area contributed by atoms with Gasteiger partial charge in [0.25, 0.3) is 0 Å². The van der Waals surface area contributed by atoms with Crippen LogP contribution >= 0.6 is 0 Å². The van der Waals surface area contributed by atoms with E-state index in [0.717, 1.165) is 31.6 Å². The van der Waals surface area contributed by atoms with Gasteiger partial charge in [0.15, 0.2) is 60.4 Å². The molecule has 82 heavy (non-hydrogen) atoms. The molecule has 22 atom stereocenters. The number of benzene rings is 2. The zero-order valence-corrected chi connectivity index (χ0v) is 44.0. The van der Waals surface area contributed by atoms with Gasteiger partial charge in [-0.3, -0.25) is 4.79 Å². The molecule has 0 bridgehead atoms. The molecule has 0 amide bonds. The molecule has 2 aromatic carbocycles. The van der Waals surface area contributed by atoms with Crippen molar-refractivity contribution in [2.45, 2.75) is 156 Å². The zero-order chi connectivity index (χ0) is 59.9. The van der Waals surface area contributed by atoms with Crippen molar-refractivity contribution in [2.24, 2.45) is 5.92 Å². The van der Waals surface area contributed by atoms with Crippen molar-refractivity contribution < 1.29 is 148 Å². The highest BCUT2D eigenvalue weighted by atomic mass is 16.8. The molecule has 30 nitrogen and oxygen atoms in total. The van der Waals surface area contributed by atoms with Crippen molar-refractivity contribution in [3.8, 4) is 23.0 Å². The van der Waals surface area contributed by atoms with Crippen LogP contribution in [0.1, 0.15) is 31.4 Å². The second-order valence-electron chi connectivity index (χ2n) is 19.6.